The SMILES string of the molecule is CNC1=C(N(CCOC)C(=O)CN2CCC(NC(=O)c3cccc(F)c3)CC2)C(=O)c2ccccc2C1=O. The van der Waals surface area contributed by atoms with Crippen LogP contribution in [-0.4, -0.2) is 86.2 Å². The van der Waals surface area contributed by atoms with Crippen LogP contribution in [0.25, 0.3) is 0 Å². The second kappa shape index (κ2) is 12.1. The molecule has 0 radical (unpaired) electrons. The Morgan fingerprint density at radius 1 is 1.05 bits per heavy atom. The topological polar surface area (TPSA) is 108 Å². The number of Topliss-reactive ketones (excluding diaryl/α,β-unsaturated/α-hetero) is 2. The average Bonchev–Trinajstić information content (AvgIpc) is 2.92. The molecule has 0 atom stereocenters. The maximum atomic E-state index is 13.5. The largest absolute Gasteiger partial charge is 0.383 e. The van der Waals surface area contributed by atoms with Crippen LogP contribution in [-0.2, 0) is 9.53 Å². The minimum atomic E-state index is -0.470. The second-order valence-electron chi connectivity index (χ2n) is 9.25. The first-order valence-electron chi connectivity index (χ1n) is 12.5. The zero-order valence-corrected chi connectivity index (χ0v) is 21.5. The van der Waals surface area contributed by atoms with Crippen LogP contribution in [0.4, 0.5) is 4.39 Å². The van der Waals surface area contributed by atoms with Gasteiger partial charge in [-0.15, -0.1) is 0 Å². The van der Waals surface area contributed by atoms with Crippen LogP contribution in [0.3, 0.4) is 0 Å². The molecule has 200 valence electrons. The summed E-state index contributed by atoms with van der Waals surface area (Å²) in [7, 11) is 3.05. The van der Waals surface area contributed by atoms with Gasteiger partial charge in [-0.2, -0.15) is 0 Å². The van der Waals surface area contributed by atoms with Crippen LogP contribution in [0, 0.1) is 5.82 Å². The van der Waals surface area contributed by atoms with Crippen molar-refractivity contribution in [3.05, 3.63) is 82.4 Å². The number of allylic oxidation sites excluding steroid dienone is 2. The third kappa shape index (κ3) is 5.81. The molecule has 1 aliphatic heterocycles. The van der Waals surface area contributed by atoms with Gasteiger partial charge in [-0.1, -0.05) is 30.3 Å². The van der Waals surface area contributed by atoms with Gasteiger partial charge in [0.25, 0.3) is 5.91 Å². The van der Waals surface area contributed by atoms with Gasteiger partial charge < -0.3 is 20.3 Å². The third-order valence-corrected chi connectivity index (χ3v) is 6.80. The fraction of sp³-hybridized carbons (Fsp3) is 0.357. The Kier molecular flexibility index (Phi) is 8.65. The molecule has 1 heterocycles. The van der Waals surface area contributed by atoms with Crippen molar-refractivity contribution in [2.24, 2.45) is 0 Å². The number of ether oxygens (including phenoxy) is 1. The number of amides is 2. The van der Waals surface area contributed by atoms with E-state index in [1.807, 2.05) is 4.90 Å². The Labute approximate surface area is 220 Å². The molecule has 2 N–H and O–H groups in total. The van der Waals surface area contributed by atoms with Gasteiger partial charge in [0.15, 0.2) is 0 Å². The van der Waals surface area contributed by atoms with Crippen molar-refractivity contribution in [1.29, 1.82) is 0 Å². The van der Waals surface area contributed by atoms with E-state index in [1.165, 1.54) is 30.2 Å². The summed E-state index contributed by atoms with van der Waals surface area (Å²) in [5.74, 6) is -1.87. The van der Waals surface area contributed by atoms with Gasteiger partial charge in [0.05, 0.1) is 13.2 Å². The van der Waals surface area contributed by atoms with E-state index >= 15 is 0 Å². The zero-order valence-electron chi connectivity index (χ0n) is 21.5. The van der Waals surface area contributed by atoms with Crippen LogP contribution in [0.1, 0.15) is 43.9 Å². The lowest BCUT2D eigenvalue weighted by Gasteiger charge is -2.34. The number of methoxy groups -OCH3 is 1. The van der Waals surface area contributed by atoms with E-state index in [-0.39, 0.29) is 65.9 Å². The number of likely N-dealkylation sites (tertiary alicyclic amines) is 1. The predicted octanol–water partition coefficient (Wildman–Crippen LogP) is 2.01. The Balaban J connectivity index is 1.44. The van der Waals surface area contributed by atoms with E-state index in [0.717, 1.165) is 0 Å². The Morgan fingerprint density at radius 2 is 1.74 bits per heavy atom. The summed E-state index contributed by atoms with van der Waals surface area (Å²) in [6, 6.07) is 12.0. The van der Waals surface area contributed by atoms with Gasteiger partial charge in [-0.25, -0.2) is 4.39 Å². The fourth-order valence-electron chi connectivity index (χ4n) is 4.81. The van der Waals surface area contributed by atoms with E-state index in [1.54, 1.807) is 37.4 Å². The highest BCUT2D eigenvalue weighted by atomic mass is 19.1. The summed E-state index contributed by atoms with van der Waals surface area (Å²) in [6.45, 7) is 1.43. The van der Waals surface area contributed by atoms with Gasteiger partial charge in [0, 0.05) is 56.5 Å². The van der Waals surface area contributed by atoms with Crippen LogP contribution in [0.15, 0.2) is 59.9 Å². The number of likely N-dealkylation sites (N-methyl/N-ethyl adjacent to an activating group) is 1. The maximum absolute atomic E-state index is 13.5. The van der Waals surface area contributed by atoms with E-state index in [2.05, 4.69) is 10.6 Å². The minimum Gasteiger partial charge on any atom is -0.383 e. The smallest absolute Gasteiger partial charge is 0.251 e. The van der Waals surface area contributed by atoms with Crippen molar-refractivity contribution < 1.29 is 28.3 Å². The van der Waals surface area contributed by atoms with Crippen LogP contribution < -0.4 is 10.6 Å². The summed E-state index contributed by atoms with van der Waals surface area (Å²) < 4.78 is 18.6. The molecule has 10 heteroatoms. The lowest BCUT2D eigenvalue weighted by atomic mass is 9.89. The van der Waals surface area contributed by atoms with E-state index in [4.69, 9.17) is 4.74 Å². The van der Waals surface area contributed by atoms with Gasteiger partial charge in [0.2, 0.25) is 17.5 Å². The monoisotopic (exact) mass is 522 g/mol. The van der Waals surface area contributed by atoms with Gasteiger partial charge in [-0.3, -0.25) is 24.1 Å². The van der Waals surface area contributed by atoms with Gasteiger partial charge >= 0.3 is 0 Å². The number of hydrogen-bond acceptors (Lipinski definition) is 7. The molecular weight excluding hydrogens is 491 g/mol. The molecule has 2 amide bonds. The van der Waals surface area contributed by atoms with Crippen molar-refractivity contribution >= 4 is 23.4 Å². The maximum Gasteiger partial charge on any atom is 0.251 e. The summed E-state index contributed by atoms with van der Waals surface area (Å²) in [5.41, 5.74) is 0.925. The quantitative estimate of drug-likeness (QED) is 0.519. The summed E-state index contributed by atoms with van der Waals surface area (Å²) in [5, 5.41) is 5.76. The molecule has 1 saturated heterocycles. The molecule has 9 nitrogen and oxygen atoms in total. The molecule has 2 aliphatic rings. The van der Waals surface area contributed by atoms with Crippen LogP contribution >= 0.6 is 0 Å². The first kappa shape index (κ1) is 27.2. The standard InChI is InChI=1S/C28H31FN4O5/c1-30-24-25(27(36)22-9-4-3-8-21(22)26(24)35)33(14-15-38-2)23(34)17-32-12-10-20(11-13-32)31-28(37)18-6-5-7-19(29)16-18/h3-9,16,20,30H,10-15,17H2,1-2H3,(H,31,37). The van der Waals surface area contributed by atoms with Crippen molar-refractivity contribution in [3.8, 4) is 0 Å². The number of rotatable bonds is 9. The number of ketones is 2. The molecule has 0 unspecified atom stereocenters. The fourth-order valence-corrected chi connectivity index (χ4v) is 4.81. The Bertz CT molecular complexity index is 1270. The number of fused-ring (bicyclic) bond motifs is 1. The Hall–Kier alpha value is -3.89. The lowest BCUT2D eigenvalue weighted by molar-refractivity contribution is -0.131. The molecule has 2 aromatic rings. The number of halogens is 1. The molecule has 1 aliphatic carbocycles. The van der Waals surface area contributed by atoms with Crippen molar-refractivity contribution in [3.63, 3.8) is 0 Å². The van der Waals surface area contributed by atoms with Crippen LogP contribution in [0.5, 0.6) is 0 Å². The zero-order chi connectivity index (χ0) is 27.2. The number of hydrogen-bond donors (Lipinski definition) is 2. The lowest BCUT2D eigenvalue weighted by Crippen LogP contribution is -2.49. The third-order valence-electron chi connectivity index (χ3n) is 6.80. The highest BCUT2D eigenvalue weighted by Crippen LogP contribution is 2.27. The summed E-state index contributed by atoms with van der Waals surface area (Å²) in [4.78, 5) is 55.9. The minimum absolute atomic E-state index is 0.0236. The number of carbonyl (C=O) groups is 4. The summed E-state index contributed by atoms with van der Waals surface area (Å²) >= 11 is 0. The van der Waals surface area contributed by atoms with Crippen molar-refractivity contribution in [2.75, 3.05) is 46.9 Å². The molecule has 0 bridgehead atoms. The second-order valence-corrected chi connectivity index (χ2v) is 9.25. The van der Waals surface area contributed by atoms with E-state index in [9.17, 15) is 23.6 Å². The Morgan fingerprint density at radius 3 is 2.37 bits per heavy atom. The average molecular weight is 523 g/mol. The van der Waals surface area contributed by atoms with Crippen molar-refractivity contribution in [2.45, 2.75) is 18.9 Å². The molecule has 0 spiro atoms. The van der Waals surface area contributed by atoms with Crippen LogP contribution in [0.2, 0.25) is 0 Å². The molecule has 0 saturated carbocycles. The number of piperidine rings is 1. The first-order valence-corrected chi connectivity index (χ1v) is 12.5. The van der Waals surface area contributed by atoms with Crippen molar-refractivity contribution in [1.82, 2.24) is 20.4 Å². The number of carbonyl (C=O) groups excluding carboxylic acids is 4. The first-order chi connectivity index (χ1) is 18.3. The number of nitrogens with one attached hydrogen (secondary N) is 2. The normalized spacial score (nSPS) is 16.3. The predicted molar refractivity (Wildman–Crippen MR) is 138 cm³/mol. The number of benzene rings is 2. The summed E-state index contributed by atoms with van der Waals surface area (Å²) in [6.07, 6.45) is 1.23. The molecule has 2 aromatic carbocycles. The van der Waals surface area contributed by atoms with Gasteiger partial charge in [0.1, 0.15) is 17.2 Å². The van der Waals surface area contributed by atoms with E-state index < -0.39 is 11.6 Å². The highest BCUT2D eigenvalue weighted by Gasteiger charge is 2.37. The molecular formula is C28H31FN4O5. The van der Waals surface area contributed by atoms with Gasteiger partial charge in [-0.05, 0) is 31.0 Å². The highest BCUT2D eigenvalue weighted by molar-refractivity contribution is 6.27. The molecule has 0 aromatic heterocycles. The molecule has 4 rings (SSSR count). The molecule has 1 fully saturated rings. The molecule has 38 heavy (non-hydrogen) atoms. The van der Waals surface area contributed by atoms with E-state index in [0.29, 0.717) is 31.5 Å². The number of nitrogens with zero attached hydrogens (tertiary/aromatic N) is 2.